The molecule has 3 rings (SSSR count). The smallest absolute Gasteiger partial charge is 0.369 e. The molecule has 0 amide bonds. The number of nitrogens with one attached hydrogen (secondary N) is 1. The van der Waals surface area contributed by atoms with Gasteiger partial charge in [0, 0.05) is 6.54 Å². The number of alkyl halides is 3. The number of anilines is 1. The Bertz CT molecular complexity index is 616. The second-order valence-electron chi connectivity index (χ2n) is 5.38. The SMILES string of the molecule is FC(F)(F)c1nnc2ccc(NCCC3CCCC3)nn12. The average Bonchev–Trinajstić information content (AvgIpc) is 3.05. The maximum atomic E-state index is 12.8. The van der Waals surface area contributed by atoms with Crippen LogP contribution >= 0.6 is 0 Å². The Morgan fingerprint density at radius 3 is 2.67 bits per heavy atom. The summed E-state index contributed by atoms with van der Waals surface area (Å²) in [5.74, 6) is 0.0321. The average molecular weight is 299 g/mol. The Labute approximate surface area is 119 Å². The van der Waals surface area contributed by atoms with Crippen LogP contribution in [0.5, 0.6) is 0 Å². The highest BCUT2D eigenvalue weighted by Crippen LogP contribution is 2.28. The van der Waals surface area contributed by atoms with Gasteiger partial charge in [-0.3, -0.25) is 0 Å². The summed E-state index contributed by atoms with van der Waals surface area (Å²) in [6.07, 6.45) is 1.52. The van der Waals surface area contributed by atoms with E-state index < -0.39 is 12.0 Å². The van der Waals surface area contributed by atoms with Crippen molar-refractivity contribution in [2.24, 2.45) is 5.92 Å². The van der Waals surface area contributed by atoms with Crippen molar-refractivity contribution in [2.75, 3.05) is 11.9 Å². The summed E-state index contributed by atoms with van der Waals surface area (Å²) in [5.41, 5.74) is 0.0867. The fourth-order valence-electron chi connectivity index (χ4n) is 2.76. The Morgan fingerprint density at radius 1 is 1.19 bits per heavy atom. The maximum Gasteiger partial charge on any atom is 0.453 e. The van der Waals surface area contributed by atoms with Crippen molar-refractivity contribution < 1.29 is 13.2 Å². The van der Waals surface area contributed by atoms with Crippen molar-refractivity contribution in [2.45, 2.75) is 38.3 Å². The molecule has 2 aromatic rings. The number of rotatable bonds is 4. The largest absolute Gasteiger partial charge is 0.453 e. The van der Waals surface area contributed by atoms with Gasteiger partial charge in [0.2, 0.25) is 0 Å². The molecule has 5 nitrogen and oxygen atoms in total. The van der Waals surface area contributed by atoms with E-state index >= 15 is 0 Å². The number of hydrogen-bond acceptors (Lipinski definition) is 4. The highest BCUT2D eigenvalue weighted by atomic mass is 19.4. The van der Waals surface area contributed by atoms with Crippen LogP contribution in [0.15, 0.2) is 12.1 Å². The molecule has 21 heavy (non-hydrogen) atoms. The van der Waals surface area contributed by atoms with E-state index in [1.165, 1.54) is 31.7 Å². The molecule has 0 saturated heterocycles. The molecule has 1 aliphatic rings. The Hall–Kier alpha value is -1.86. The summed E-state index contributed by atoms with van der Waals surface area (Å²) in [5, 5.41) is 13.6. The number of aromatic nitrogens is 4. The highest BCUT2D eigenvalue weighted by molar-refractivity contribution is 5.44. The molecule has 8 heteroatoms. The van der Waals surface area contributed by atoms with E-state index in [2.05, 4.69) is 20.6 Å². The zero-order chi connectivity index (χ0) is 14.9. The molecule has 0 aromatic carbocycles. The molecule has 0 atom stereocenters. The van der Waals surface area contributed by atoms with E-state index in [0.29, 0.717) is 12.4 Å². The van der Waals surface area contributed by atoms with Crippen LogP contribution in [-0.4, -0.2) is 26.4 Å². The van der Waals surface area contributed by atoms with Crippen molar-refractivity contribution in [1.29, 1.82) is 0 Å². The van der Waals surface area contributed by atoms with Crippen LogP contribution in [0.2, 0.25) is 0 Å². The Kier molecular flexibility index (Phi) is 3.69. The second-order valence-corrected chi connectivity index (χ2v) is 5.38. The van der Waals surface area contributed by atoms with Crippen LogP contribution in [-0.2, 0) is 6.18 Å². The molecule has 0 aliphatic heterocycles. The molecule has 0 radical (unpaired) electrons. The third-order valence-electron chi connectivity index (χ3n) is 3.85. The van der Waals surface area contributed by atoms with Crippen molar-refractivity contribution in [3.8, 4) is 0 Å². The van der Waals surface area contributed by atoms with Crippen molar-refractivity contribution in [3.63, 3.8) is 0 Å². The lowest BCUT2D eigenvalue weighted by Gasteiger charge is -2.10. The first-order chi connectivity index (χ1) is 10.0. The minimum Gasteiger partial charge on any atom is -0.369 e. The lowest BCUT2D eigenvalue weighted by molar-refractivity contribution is -0.146. The summed E-state index contributed by atoms with van der Waals surface area (Å²) < 4.78 is 39.0. The minimum absolute atomic E-state index is 0.0867. The molecule has 114 valence electrons. The molecular weight excluding hydrogens is 283 g/mol. The van der Waals surface area contributed by atoms with Crippen LogP contribution in [0.3, 0.4) is 0 Å². The summed E-state index contributed by atoms with van der Waals surface area (Å²) in [6.45, 7) is 0.715. The molecule has 1 fully saturated rings. The summed E-state index contributed by atoms with van der Waals surface area (Å²) in [6, 6.07) is 3.10. The summed E-state index contributed by atoms with van der Waals surface area (Å²) in [7, 11) is 0. The van der Waals surface area contributed by atoms with Crippen molar-refractivity contribution in [3.05, 3.63) is 18.0 Å². The molecule has 1 saturated carbocycles. The second kappa shape index (κ2) is 5.50. The van der Waals surface area contributed by atoms with Gasteiger partial charge in [-0.1, -0.05) is 25.7 Å². The zero-order valence-corrected chi connectivity index (χ0v) is 11.4. The van der Waals surface area contributed by atoms with Gasteiger partial charge in [0.1, 0.15) is 5.82 Å². The maximum absolute atomic E-state index is 12.8. The van der Waals surface area contributed by atoms with Gasteiger partial charge < -0.3 is 5.32 Å². The monoisotopic (exact) mass is 299 g/mol. The first-order valence-electron chi connectivity index (χ1n) is 7.07. The first kappa shape index (κ1) is 14.1. The number of nitrogens with zero attached hydrogens (tertiary/aromatic N) is 4. The van der Waals surface area contributed by atoms with Crippen molar-refractivity contribution in [1.82, 2.24) is 19.8 Å². The lowest BCUT2D eigenvalue weighted by Crippen LogP contribution is -2.14. The predicted molar refractivity (Wildman–Crippen MR) is 70.8 cm³/mol. The van der Waals surface area contributed by atoms with Crippen molar-refractivity contribution >= 4 is 11.5 Å². The molecule has 1 N–H and O–H groups in total. The normalized spacial score (nSPS) is 16.7. The van der Waals surface area contributed by atoms with Crippen LogP contribution in [0.4, 0.5) is 19.0 Å². The molecule has 2 heterocycles. The molecular formula is C13H16F3N5. The fraction of sp³-hybridized carbons (Fsp3) is 0.615. The van der Waals surface area contributed by atoms with E-state index in [0.717, 1.165) is 16.9 Å². The van der Waals surface area contributed by atoms with E-state index in [1.54, 1.807) is 6.07 Å². The Balaban J connectivity index is 1.70. The minimum atomic E-state index is -4.56. The third kappa shape index (κ3) is 3.08. The number of halogens is 3. The molecule has 0 bridgehead atoms. The van der Waals surface area contributed by atoms with E-state index in [4.69, 9.17) is 0 Å². The molecule has 1 aliphatic carbocycles. The van der Waals surface area contributed by atoms with E-state index in [-0.39, 0.29) is 5.65 Å². The van der Waals surface area contributed by atoms with Gasteiger partial charge in [0.15, 0.2) is 5.65 Å². The van der Waals surface area contributed by atoms with Crippen LogP contribution in [0, 0.1) is 5.92 Å². The summed E-state index contributed by atoms with van der Waals surface area (Å²) >= 11 is 0. The topological polar surface area (TPSA) is 55.1 Å². The van der Waals surface area contributed by atoms with Gasteiger partial charge in [-0.25, -0.2) is 0 Å². The number of hydrogen-bond donors (Lipinski definition) is 1. The molecule has 2 aromatic heterocycles. The lowest BCUT2D eigenvalue weighted by atomic mass is 10.0. The van der Waals surface area contributed by atoms with Gasteiger partial charge in [-0.05, 0) is 24.5 Å². The Morgan fingerprint density at radius 2 is 1.95 bits per heavy atom. The van der Waals surface area contributed by atoms with Gasteiger partial charge in [-0.2, -0.15) is 17.7 Å². The third-order valence-corrected chi connectivity index (χ3v) is 3.85. The fourth-order valence-corrected chi connectivity index (χ4v) is 2.76. The van der Waals surface area contributed by atoms with Gasteiger partial charge in [0.25, 0.3) is 5.82 Å². The van der Waals surface area contributed by atoms with Gasteiger partial charge in [0.05, 0.1) is 0 Å². The van der Waals surface area contributed by atoms with Crippen LogP contribution in [0.25, 0.3) is 5.65 Å². The first-order valence-corrected chi connectivity index (χ1v) is 7.07. The van der Waals surface area contributed by atoms with Gasteiger partial charge >= 0.3 is 6.18 Å². The molecule has 0 unspecified atom stereocenters. The quantitative estimate of drug-likeness (QED) is 0.942. The van der Waals surface area contributed by atoms with Crippen LogP contribution < -0.4 is 5.32 Å². The predicted octanol–water partition coefficient (Wildman–Crippen LogP) is 3.14. The van der Waals surface area contributed by atoms with E-state index in [9.17, 15) is 13.2 Å². The standard InChI is InChI=1S/C13H16F3N5/c14-13(15,16)12-19-18-11-6-5-10(20-21(11)12)17-8-7-9-3-1-2-4-9/h5-6,9H,1-4,7-8H2,(H,17,20). The number of fused-ring (bicyclic) bond motifs is 1. The zero-order valence-electron chi connectivity index (χ0n) is 11.4. The summed E-state index contributed by atoms with van der Waals surface area (Å²) in [4.78, 5) is 0. The molecule has 0 spiro atoms. The highest BCUT2D eigenvalue weighted by Gasteiger charge is 2.37. The van der Waals surface area contributed by atoms with Gasteiger partial charge in [-0.15, -0.1) is 15.3 Å². The van der Waals surface area contributed by atoms with Crippen LogP contribution in [0.1, 0.15) is 37.9 Å². The van der Waals surface area contributed by atoms with E-state index in [1.807, 2.05) is 0 Å².